The maximum atomic E-state index is 13.0. The minimum atomic E-state index is -0.525. The van der Waals surface area contributed by atoms with Gasteiger partial charge in [-0.15, -0.1) is 0 Å². The van der Waals surface area contributed by atoms with Gasteiger partial charge in [0.2, 0.25) is 5.78 Å². The highest BCUT2D eigenvalue weighted by atomic mass is 16.6. The Morgan fingerprint density at radius 2 is 1.12 bits per heavy atom. The van der Waals surface area contributed by atoms with E-state index in [9.17, 15) is 14.4 Å². The number of rotatable bonds is 10. The number of piperazine rings is 2. The second kappa shape index (κ2) is 24.3. The number of carbonyl (C=O) groups excluding carboxylic acids is 3. The van der Waals surface area contributed by atoms with Crippen LogP contribution in [0.3, 0.4) is 0 Å². The normalized spacial score (nSPS) is 16.3. The number of Topliss-reactive ketones (excluding diaryl/α,β-unsaturated/α-hetero) is 1. The van der Waals surface area contributed by atoms with Crippen molar-refractivity contribution in [3.63, 3.8) is 0 Å². The van der Waals surface area contributed by atoms with Gasteiger partial charge in [-0.1, -0.05) is 107 Å². The number of nitriles is 1. The minimum Gasteiger partial charge on any atom is -0.465 e. The summed E-state index contributed by atoms with van der Waals surface area (Å²) < 4.78 is 15.0. The van der Waals surface area contributed by atoms with Crippen LogP contribution in [0.2, 0.25) is 0 Å². The molecule has 67 heavy (non-hydrogen) atoms. The predicted octanol–water partition coefficient (Wildman–Crippen LogP) is 6.72. The molecule has 17 nitrogen and oxygen atoms in total. The molecule has 4 heterocycles. The number of ether oxygens (including phenoxy) is 1. The number of hydrogen-bond donors (Lipinski definition) is 0. The highest BCUT2D eigenvalue weighted by Crippen LogP contribution is 2.22. The Hall–Kier alpha value is -8.10. The summed E-state index contributed by atoms with van der Waals surface area (Å²) in [4.78, 5) is 62.8. The highest BCUT2D eigenvalue weighted by molar-refractivity contribution is 6.42. The van der Waals surface area contributed by atoms with Crippen molar-refractivity contribution in [1.82, 2.24) is 29.6 Å². The van der Waals surface area contributed by atoms with Crippen LogP contribution < -0.4 is 0 Å². The van der Waals surface area contributed by atoms with Crippen molar-refractivity contribution < 1.29 is 37.6 Å². The van der Waals surface area contributed by atoms with Crippen molar-refractivity contribution >= 4 is 29.3 Å². The van der Waals surface area contributed by atoms with Crippen LogP contribution in [0.25, 0.3) is 22.6 Å². The molecule has 346 valence electrons. The van der Waals surface area contributed by atoms with Crippen molar-refractivity contribution in [1.29, 1.82) is 5.26 Å². The number of amidine groups is 2. The topological polar surface area (TPSA) is 192 Å². The number of carbonyl (C=O) groups is 3. The molecule has 2 aliphatic heterocycles. The summed E-state index contributed by atoms with van der Waals surface area (Å²) in [5.41, 5.74) is 4.51. The summed E-state index contributed by atoms with van der Waals surface area (Å²) >= 11 is 0. The smallest absolute Gasteiger partial charge is 0.337 e. The molecule has 2 saturated heterocycles. The molecule has 0 aliphatic carbocycles. The van der Waals surface area contributed by atoms with Crippen molar-refractivity contribution in [3.05, 3.63) is 157 Å². The molecule has 17 heteroatoms. The summed E-state index contributed by atoms with van der Waals surface area (Å²) in [6.07, 6.45) is 5.93. The Morgan fingerprint density at radius 1 is 0.642 bits per heavy atom. The molecule has 0 spiro atoms. The predicted molar refractivity (Wildman–Crippen MR) is 250 cm³/mol. The third-order valence-corrected chi connectivity index (χ3v) is 11.0. The Labute approximate surface area is 389 Å². The van der Waals surface area contributed by atoms with E-state index in [2.05, 4.69) is 52.7 Å². The van der Waals surface area contributed by atoms with Crippen LogP contribution in [-0.4, -0.2) is 138 Å². The van der Waals surface area contributed by atoms with Gasteiger partial charge in [0, 0.05) is 79.2 Å². The fraction of sp³-hybridized carbons (Fsp3) is 0.280. The molecule has 2 atom stereocenters. The largest absolute Gasteiger partial charge is 0.465 e. The molecule has 0 saturated carbocycles. The van der Waals surface area contributed by atoms with Crippen molar-refractivity contribution in [3.8, 4) is 28.7 Å². The van der Waals surface area contributed by atoms with Gasteiger partial charge in [0.05, 0.1) is 37.7 Å². The third kappa shape index (κ3) is 12.8. The van der Waals surface area contributed by atoms with Crippen LogP contribution in [0.1, 0.15) is 45.7 Å². The van der Waals surface area contributed by atoms with Gasteiger partial charge in [-0.2, -0.15) is 5.26 Å². The van der Waals surface area contributed by atoms with Crippen LogP contribution in [0.15, 0.2) is 154 Å². The van der Waals surface area contributed by atoms with E-state index in [1.807, 2.05) is 67.6 Å². The molecular formula is C50H53N9O8. The lowest BCUT2D eigenvalue weighted by Crippen LogP contribution is -2.57. The van der Waals surface area contributed by atoms with Gasteiger partial charge >= 0.3 is 5.97 Å². The summed E-state index contributed by atoms with van der Waals surface area (Å²) in [5, 5.41) is 17.2. The number of oxazole rings is 2. The van der Waals surface area contributed by atoms with E-state index in [0.717, 1.165) is 47.7 Å². The van der Waals surface area contributed by atoms with Gasteiger partial charge < -0.3 is 37.9 Å². The van der Waals surface area contributed by atoms with E-state index >= 15 is 0 Å². The fourth-order valence-electron chi connectivity index (χ4n) is 7.54. The van der Waals surface area contributed by atoms with E-state index in [-0.39, 0.29) is 12.0 Å². The zero-order valence-electron chi connectivity index (χ0n) is 38.1. The lowest BCUT2D eigenvalue weighted by molar-refractivity contribution is -0.130. The minimum absolute atomic E-state index is 0.167. The Bertz CT molecular complexity index is 2580. The molecule has 8 rings (SSSR count). The number of esters is 1. The van der Waals surface area contributed by atoms with Gasteiger partial charge in [0.25, 0.3) is 5.91 Å². The highest BCUT2D eigenvalue weighted by Gasteiger charge is 2.33. The van der Waals surface area contributed by atoms with Gasteiger partial charge in [-0.25, -0.2) is 14.8 Å². The van der Waals surface area contributed by atoms with E-state index < -0.39 is 11.7 Å². The molecule has 2 fully saturated rings. The van der Waals surface area contributed by atoms with Gasteiger partial charge in [0.1, 0.15) is 14.2 Å². The lowest BCUT2D eigenvalue weighted by Gasteiger charge is -2.40. The summed E-state index contributed by atoms with van der Waals surface area (Å²) in [6, 6.07) is 35.9. The molecule has 0 bridgehead atoms. The molecule has 0 radical (unpaired) electrons. The first-order valence-electron chi connectivity index (χ1n) is 21.5. The molecule has 1 amide bonds. The van der Waals surface area contributed by atoms with Gasteiger partial charge in [-0.05, 0) is 26.0 Å². The van der Waals surface area contributed by atoms with Crippen molar-refractivity contribution in [2.75, 3.05) is 67.1 Å². The number of ketones is 1. The first-order valence-corrected chi connectivity index (χ1v) is 21.5. The number of oxime groups is 2. The monoisotopic (exact) mass is 907 g/mol. The summed E-state index contributed by atoms with van der Waals surface area (Å²) in [6.45, 7) is 8.62. The first-order chi connectivity index (χ1) is 32.6. The quantitative estimate of drug-likeness (QED) is 0.0268. The van der Waals surface area contributed by atoms with Gasteiger partial charge in [0.15, 0.2) is 36.0 Å². The SMILES string of the molecule is CO/N=C(\c1ccccc1)N1CCN(C(=O)C(=O)c2ccc(-c3cnco3)cc2)[C@H](C)C1.CO/N=C(\c1ccccc1)N1CCN(CC#N)[C@H](C)C1.COC(=O)c1ccc(-c2cnco2)cc1. The molecule has 2 aromatic heterocycles. The van der Waals surface area contributed by atoms with E-state index in [4.69, 9.17) is 23.8 Å². The number of nitrogens with zero attached hydrogens (tertiary/aromatic N) is 9. The molecule has 2 aliphatic rings. The van der Waals surface area contributed by atoms with Crippen LogP contribution in [0, 0.1) is 11.3 Å². The molecule has 0 N–H and O–H groups in total. The summed E-state index contributed by atoms with van der Waals surface area (Å²) in [7, 11) is 4.43. The maximum absolute atomic E-state index is 13.0. The standard InChI is InChI=1S/C24H24N4O4.C15H20N4O.C11H9NO3/c1-17-15-27(23(26-31-2)20-6-4-3-5-7-20)12-13-28(17)24(30)22(29)19-10-8-18(9-11-19)21-14-25-16-32-21;1-13-12-19(11-10-18(13)9-8-16)15(17-20-2)14-6-4-3-5-7-14;1-14-11(13)9-4-2-8(3-5-9)10-6-12-7-15-10/h3-11,14,16-17H,12-13,15H2,1-2H3;3-7,13H,9-12H2,1-2H3;2-7H,1H3/b26-23+;17-15+;/t17-;13-;/m11./s1. The van der Waals surface area contributed by atoms with E-state index in [1.54, 1.807) is 72.9 Å². The number of aromatic nitrogens is 2. The third-order valence-electron chi connectivity index (χ3n) is 11.0. The number of methoxy groups -OCH3 is 1. The Morgan fingerprint density at radius 3 is 1.54 bits per heavy atom. The Balaban J connectivity index is 0.000000180. The number of benzene rings is 4. The average Bonchev–Trinajstić information content (AvgIpc) is 4.13. The maximum Gasteiger partial charge on any atom is 0.337 e. The zero-order chi connectivity index (χ0) is 47.5. The molecular weight excluding hydrogens is 855 g/mol. The zero-order valence-corrected chi connectivity index (χ0v) is 38.1. The van der Waals surface area contributed by atoms with E-state index in [1.165, 1.54) is 27.0 Å². The fourth-order valence-corrected chi connectivity index (χ4v) is 7.54. The second-order valence-electron chi connectivity index (χ2n) is 15.4. The second-order valence-corrected chi connectivity index (χ2v) is 15.4. The van der Waals surface area contributed by atoms with Crippen LogP contribution >= 0.6 is 0 Å². The molecule has 0 unspecified atom stereocenters. The number of amides is 1. The number of hydrogen-bond acceptors (Lipinski definition) is 14. The van der Waals surface area contributed by atoms with Gasteiger partial charge in [-0.3, -0.25) is 14.5 Å². The van der Waals surface area contributed by atoms with E-state index in [0.29, 0.717) is 60.7 Å². The molecule has 6 aromatic rings. The van der Waals surface area contributed by atoms with Crippen LogP contribution in [0.5, 0.6) is 0 Å². The first kappa shape index (κ1) is 48.4. The van der Waals surface area contributed by atoms with Crippen LogP contribution in [-0.2, 0) is 19.2 Å². The van der Waals surface area contributed by atoms with Crippen molar-refractivity contribution in [2.45, 2.75) is 25.9 Å². The molecule has 4 aromatic carbocycles. The summed E-state index contributed by atoms with van der Waals surface area (Å²) in [5.74, 6) is 1.47. The average molecular weight is 908 g/mol. The van der Waals surface area contributed by atoms with Crippen molar-refractivity contribution in [2.24, 2.45) is 10.3 Å². The Kier molecular flexibility index (Phi) is 17.5. The lowest BCUT2D eigenvalue weighted by atomic mass is 10.0. The van der Waals surface area contributed by atoms with Crippen LogP contribution in [0.4, 0.5) is 0 Å².